The summed E-state index contributed by atoms with van der Waals surface area (Å²) in [5, 5.41) is 18.3. The average Bonchev–Trinajstić information content (AvgIpc) is 2.89. The predicted molar refractivity (Wildman–Crippen MR) is 80.5 cm³/mol. The monoisotopic (exact) mass is 312 g/mol. The summed E-state index contributed by atoms with van der Waals surface area (Å²) in [4.78, 5) is 0. The predicted octanol–water partition coefficient (Wildman–Crippen LogP) is 0.939. The van der Waals surface area contributed by atoms with Crippen molar-refractivity contribution in [2.24, 2.45) is 0 Å². The summed E-state index contributed by atoms with van der Waals surface area (Å²) in [6, 6.07) is 3.89. The van der Waals surface area contributed by atoms with Crippen LogP contribution in [0.5, 0.6) is 5.75 Å². The lowest BCUT2D eigenvalue weighted by Gasteiger charge is -2.37. The van der Waals surface area contributed by atoms with Crippen molar-refractivity contribution in [3.8, 4) is 5.75 Å². The molecule has 7 heteroatoms. The summed E-state index contributed by atoms with van der Waals surface area (Å²) >= 11 is 1.88. The van der Waals surface area contributed by atoms with Gasteiger partial charge in [-0.25, -0.2) is 4.39 Å². The first-order chi connectivity index (χ1) is 10.1. The van der Waals surface area contributed by atoms with Crippen LogP contribution in [0.15, 0.2) is 18.2 Å². The van der Waals surface area contributed by atoms with Crippen LogP contribution in [0.3, 0.4) is 0 Å². The molecule has 2 aliphatic heterocycles. The van der Waals surface area contributed by atoms with Crippen LogP contribution < -0.4 is 10.2 Å². The quantitative estimate of drug-likeness (QED) is 0.814. The van der Waals surface area contributed by atoms with Crippen LogP contribution in [-0.2, 0) is 4.74 Å². The van der Waals surface area contributed by atoms with Crippen molar-refractivity contribution >= 4 is 24.3 Å². The fraction of sp³-hybridized carbons (Fsp3) is 0.571. The van der Waals surface area contributed by atoms with Gasteiger partial charge in [0.1, 0.15) is 6.10 Å². The highest BCUT2D eigenvalue weighted by Gasteiger charge is 2.41. The molecule has 1 spiro atoms. The molecule has 0 bridgehead atoms. The van der Waals surface area contributed by atoms with Crippen LogP contribution in [-0.4, -0.2) is 47.0 Å². The minimum atomic E-state index is -1.62. The molecule has 21 heavy (non-hydrogen) atoms. The van der Waals surface area contributed by atoms with Crippen LogP contribution in [0.4, 0.5) is 4.39 Å². The van der Waals surface area contributed by atoms with Gasteiger partial charge in [-0.15, -0.1) is 0 Å². The first-order valence-electron chi connectivity index (χ1n) is 7.12. The van der Waals surface area contributed by atoms with Gasteiger partial charge in [0.2, 0.25) is 0 Å². The van der Waals surface area contributed by atoms with Crippen LogP contribution in [0.2, 0.25) is 0 Å². The second-order valence-electron chi connectivity index (χ2n) is 5.63. The van der Waals surface area contributed by atoms with Gasteiger partial charge in [-0.3, -0.25) is 0 Å². The minimum absolute atomic E-state index is 0.0771. The zero-order chi connectivity index (χ0) is 14.9. The van der Waals surface area contributed by atoms with Crippen molar-refractivity contribution < 1.29 is 23.9 Å². The summed E-state index contributed by atoms with van der Waals surface area (Å²) in [5.74, 6) is 1.65. The van der Waals surface area contributed by atoms with Crippen molar-refractivity contribution in [2.45, 2.75) is 31.0 Å². The number of ether oxygens (including phenoxy) is 2. The number of rotatable bonds is 3. The highest BCUT2D eigenvalue weighted by atomic mass is 32.2. The Morgan fingerprint density at radius 2 is 2.29 bits per heavy atom. The normalized spacial score (nSPS) is 28.8. The van der Waals surface area contributed by atoms with E-state index in [2.05, 4.69) is 0 Å². The van der Waals surface area contributed by atoms with Crippen LogP contribution in [0.1, 0.15) is 19.3 Å². The zero-order valence-corrected chi connectivity index (χ0v) is 12.4. The summed E-state index contributed by atoms with van der Waals surface area (Å²) in [6.07, 6.45) is 2.39. The van der Waals surface area contributed by atoms with E-state index in [-0.39, 0.29) is 22.9 Å². The lowest BCUT2D eigenvalue weighted by molar-refractivity contribution is -0.0963. The SMILES string of the molecule is OB(O)c1ccc(F)c(OC2CCOC3(CCSC3)C2)c1. The molecule has 2 heterocycles. The largest absolute Gasteiger partial charge is 0.488 e. The van der Waals surface area contributed by atoms with Crippen LogP contribution in [0.25, 0.3) is 0 Å². The summed E-state index contributed by atoms with van der Waals surface area (Å²) in [5.41, 5.74) is 0.0997. The van der Waals surface area contributed by atoms with E-state index in [1.807, 2.05) is 11.8 Å². The van der Waals surface area contributed by atoms with Gasteiger partial charge in [0.15, 0.2) is 11.6 Å². The molecule has 0 saturated carbocycles. The van der Waals surface area contributed by atoms with Crippen LogP contribution in [0, 0.1) is 5.82 Å². The van der Waals surface area contributed by atoms with Crippen molar-refractivity contribution in [1.29, 1.82) is 0 Å². The summed E-state index contributed by atoms with van der Waals surface area (Å²) < 4.78 is 25.5. The van der Waals surface area contributed by atoms with Crippen molar-refractivity contribution in [3.63, 3.8) is 0 Å². The molecule has 114 valence electrons. The molecule has 0 amide bonds. The van der Waals surface area contributed by atoms with Gasteiger partial charge in [-0.1, -0.05) is 6.07 Å². The molecule has 0 radical (unpaired) electrons. The molecule has 2 N–H and O–H groups in total. The molecule has 0 aliphatic carbocycles. The van der Waals surface area contributed by atoms with Crippen molar-refractivity contribution in [3.05, 3.63) is 24.0 Å². The highest BCUT2D eigenvalue weighted by Crippen LogP contribution is 2.39. The fourth-order valence-corrected chi connectivity index (χ4v) is 4.28. The molecule has 4 nitrogen and oxygen atoms in total. The van der Waals surface area contributed by atoms with Gasteiger partial charge in [-0.2, -0.15) is 11.8 Å². The lowest BCUT2D eigenvalue weighted by Crippen LogP contribution is -2.44. The van der Waals surface area contributed by atoms with E-state index in [1.54, 1.807) is 0 Å². The third kappa shape index (κ3) is 3.36. The average molecular weight is 312 g/mol. The third-order valence-corrected chi connectivity index (χ3v) is 5.28. The zero-order valence-electron chi connectivity index (χ0n) is 11.6. The number of benzene rings is 1. The first-order valence-corrected chi connectivity index (χ1v) is 8.27. The maximum absolute atomic E-state index is 13.8. The van der Waals surface area contributed by atoms with Crippen LogP contribution >= 0.6 is 11.8 Å². The van der Waals surface area contributed by atoms with E-state index >= 15 is 0 Å². The van der Waals surface area contributed by atoms with E-state index in [0.29, 0.717) is 6.61 Å². The Morgan fingerprint density at radius 1 is 1.43 bits per heavy atom. The van der Waals surface area contributed by atoms with E-state index in [0.717, 1.165) is 30.8 Å². The molecule has 2 aliphatic rings. The molecule has 1 aromatic carbocycles. The van der Waals surface area contributed by atoms with Gasteiger partial charge < -0.3 is 19.5 Å². The molecule has 2 saturated heterocycles. The van der Waals surface area contributed by atoms with Gasteiger partial charge in [0.05, 0.1) is 12.2 Å². The molecule has 3 rings (SSSR count). The Labute approximate surface area is 127 Å². The van der Waals surface area contributed by atoms with E-state index in [1.165, 1.54) is 18.2 Å². The lowest BCUT2D eigenvalue weighted by atomic mass is 9.80. The molecule has 1 aromatic rings. The topological polar surface area (TPSA) is 58.9 Å². The van der Waals surface area contributed by atoms with Gasteiger partial charge in [0, 0.05) is 18.6 Å². The Bertz CT molecular complexity index is 508. The second-order valence-corrected chi connectivity index (χ2v) is 6.74. The minimum Gasteiger partial charge on any atom is -0.487 e. The fourth-order valence-electron chi connectivity index (χ4n) is 2.90. The van der Waals surface area contributed by atoms with E-state index in [9.17, 15) is 4.39 Å². The Balaban J connectivity index is 1.72. The third-order valence-electron chi connectivity index (χ3n) is 4.06. The number of thioether (sulfide) groups is 1. The maximum atomic E-state index is 13.8. The van der Waals surface area contributed by atoms with Gasteiger partial charge >= 0.3 is 7.12 Å². The standard InChI is InChI=1S/C14H18BFO4S/c16-12-2-1-10(15(17)18)7-13(12)20-11-3-5-19-14(8-11)4-6-21-9-14/h1-2,7,11,17-18H,3-6,8-9H2. The van der Waals surface area contributed by atoms with E-state index < -0.39 is 12.9 Å². The first kappa shape index (κ1) is 15.2. The Kier molecular flexibility index (Phi) is 4.45. The Hall–Kier alpha value is -0.755. The van der Waals surface area contributed by atoms with Crippen molar-refractivity contribution in [2.75, 3.05) is 18.1 Å². The maximum Gasteiger partial charge on any atom is 0.488 e. The number of halogens is 1. The number of hydrogen-bond donors (Lipinski definition) is 2. The van der Waals surface area contributed by atoms with Gasteiger partial charge in [0.25, 0.3) is 0 Å². The molecule has 2 fully saturated rings. The van der Waals surface area contributed by atoms with Crippen molar-refractivity contribution in [1.82, 2.24) is 0 Å². The summed E-state index contributed by atoms with van der Waals surface area (Å²) in [6.45, 7) is 0.620. The molecule has 0 aromatic heterocycles. The molecule has 2 unspecified atom stereocenters. The Morgan fingerprint density at radius 3 is 3.00 bits per heavy atom. The molecular formula is C14H18BFO4S. The number of hydrogen-bond acceptors (Lipinski definition) is 5. The molecule has 2 atom stereocenters. The van der Waals surface area contributed by atoms with E-state index in [4.69, 9.17) is 19.5 Å². The highest BCUT2D eigenvalue weighted by molar-refractivity contribution is 7.99. The van der Waals surface area contributed by atoms with Gasteiger partial charge in [-0.05, 0) is 29.8 Å². The smallest absolute Gasteiger partial charge is 0.487 e. The molecular weight excluding hydrogens is 294 g/mol. The second kappa shape index (κ2) is 6.16. The summed E-state index contributed by atoms with van der Waals surface area (Å²) in [7, 11) is -1.62.